The van der Waals surface area contributed by atoms with Gasteiger partial charge in [-0.2, -0.15) is 0 Å². The number of benzene rings is 1. The van der Waals surface area contributed by atoms with Crippen LogP contribution in [0.4, 0.5) is 9.18 Å². The molecule has 2 amide bonds. The van der Waals surface area contributed by atoms with Crippen LogP contribution < -0.4 is 5.32 Å². The molecular formula is C21H25Cl2FN4O. The van der Waals surface area contributed by atoms with Crippen molar-refractivity contribution in [1.29, 1.82) is 0 Å². The predicted molar refractivity (Wildman–Crippen MR) is 115 cm³/mol. The SMILES string of the molecule is CC(NC(=O)N(C)C1CCN(C)CC1)c1ccc(-c2cncc(F)c2)c(Cl)c1Cl. The molecule has 2 aromatic rings. The van der Waals surface area contributed by atoms with Crippen molar-refractivity contribution in [2.45, 2.75) is 31.8 Å². The fraction of sp³-hybridized carbons (Fsp3) is 0.429. The van der Waals surface area contributed by atoms with Crippen molar-refractivity contribution in [3.63, 3.8) is 0 Å². The summed E-state index contributed by atoms with van der Waals surface area (Å²) in [5.74, 6) is -0.448. The molecule has 0 bridgehead atoms. The van der Waals surface area contributed by atoms with Crippen LogP contribution in [0.1, 0.15) is 31.4 Å². The predicted octanol–water partition coefficient (Wildman–Crippen LogP) is 4.99. The first-order valence-electron chi connectivity index (χ1n) is 9.58. The molecule has 0 aliphatic carbocycles. The highest BCUT2D eigenvalue weighted by atomic mass is 35.5. The van der Waals surface area contributed by atoms with Crippen LogP contribution in [0.2, 0.25) is 10.0 Å². The number of nitrogens with one attached hydrogen (secondary N) is 1. The van der Waals surface area contributed by atoms with Gasteiger partial charge < -0.3 is 15.1 Å². The Morgan fingerprint density at radius 3 is 2.62 bits per heavy atom. The molecule has 1 aliphatic rings. The number of aromatic nitrogens is 1. The van der Waals surface area contributed by atoms with Crippen molar-refractivity contribution in [2.24, 2.45) is 0 Å². The maximum Gasteiger partial charge on any atom is 0.317 e. The van der Waals surface area contributed by atoms with Crippen molar-refractivity contribution in [1.82, 2.24) is 20.1 Å². The minimum absolute atomic E-state index is 0.141. The van der Waals surface area contributed by atoms with Crippen molar-refractivity contribution in [2.75, 3.05) is 27.2 Å². The Morgan fingerprint density at radius 2 is 1.97 bits per heavy atom. The smallest absolute Gasteiger partial charge is 0.317 e. The fourth-order valence-electron chi connectivity index (χ4n) is 3.59. The first-order chi connectivity index (χ1) is 13.8. The number of carbonyl (C=O) groups excluding carboxylic acids is 1. The molecule has 3 rings (SSSR count). The number of amides is 2. The number of likely N-dealkylation sites (tertiary alicyclic amines) is 1. The molecule has 8 heteroatoms. The van der Waals surface area contributed by atoms with E-state index >= 15 is 0 Å². The third-order valence-electron chi connectivity index (χ3n) is 5.49. The molecule has 1 fully saturated rings. The molecule has 29 heavy (non-hydrogen) atoms. The third-order valence-corrected chi connectivity index (χ3v) is 6.39. The van der Waals surface area contributed by atoms with Crippen LogP contribution in [0.15, 0.2) is 30.6 Å². The average Bonchev–Trinajstić information content (AvgIpc) is 2.69. The van der Waals surface area contributed by atoms with Gasteiger partial charge in [-0.05, 0) is 51.5 Å². The molecule has 0 radical (unpaired) electrons. The maximum absolute atomic E-state index is 13.5. The number of nitrogens with zero attached hydrogens (tertiary/aromatic N) is 3. The summed E-state index contributed by atoms with van der Waals surface area (Å²) in [6.45, 7) is 3.83. The highest BCUT2D eigenvalue weighted by molar-refractivity contribution is 6.44. The average molecular weight is 439 g/mol. The maximum atomic E-state index is 13.5. The largest absolute Gasteiger partial charge is 0.331 e. The quantitative estimate of drug-likeness (QED) is 0.730. The lowest BCUT2D eigenvalue weighted by Crippen LogP contribution is -2.48. The lowest BCUT2D eigenvalue weighted by molar-refractivity contribution is 0.146. The minimum Gasteiger partial charge on any atom is -0.331 e. The van der Waals surface area contributed by atoms with Crippen LogP contribution in [-0.4, -0.2) is 54.0 Å². The summed E-state index contributed by atoms with van der Waals surface area (Å²) in [6.07, 6.45) is 4.57. The van der Waals surface area contributed by atoms with Crippen LogP contribution >= 0.6 is 23.2 Å². The van der Waals surface area contributed by atoms with E-state index in [1.165, 1.54) is 12.3 Å². The zero-order valence-corrected chi connectivity index (χ0v) is 18.3. The van der Waals surface area contributed by atoms with Gasteiger partial charge in [-0.3, -0.25) is 4.98 Å². The molecular weight excluding hydrogens is 414 g/mol. The Bertz CT molecular complexity index is 887. The molecule has 1 atom stereocenters. The fourth-order valence-corrected chi connectivity index (χ4v) is 4.20. The molecule has 2 heterocycles. The zero-order chi connectivity index (χ0) is 21.1. The van der Waals surface area contributed by atoms with Gasteiger partial charge >= 0.3 is 6.03 Å². The monoisotopic (exact) mass is 438 g/mol. The number of rotatable bonds is 4. The van der Waals surface area contributed by atoms with Crippen molar-refractivity contribution >= 4 is 29.2 Å². The molecule has 1 aromatic carbocycles. The number of hydrogen-bond acceptors (Lipinski definition) is 3. The van der Waals surface area contributed by atoms with Gasteiger partial charge in [0.1, 0.15) is 5.82 Å². The van der Waals surface area contributed by atoms with E-state index in [1.807, 2.05) is 14.0 Å². The topological polar surface area (TPSA) is 48.5 Å². The molecule has 0 spiro atoms. The van der Waals surface area contributed by atoms with Gasteiger partial charge in [0.2, 0.25) is 0 Å². The third kappa shape index (κ3) is 5.00. The standard InChI is InChI=1S/C21H25Cl2FN4O/c1-13(26-21(29)28(3)16-6-8-27(2)9-7-16)17-4-5-18(20(23)19(17)22)14-10-15(24)12-25-11-14/h4-5,10-13,16H,6-9H2,1-3H3,(H,26,29). The van der Waals surface area contributed by atoms with Crippen molar-refractivity contribution in [3.05, 3.63) is 52.0 Å². The Labute approximate surface area is 180 Å². The minimum atomic E-state index is -0.448. The molecule has 5 nitrogen and oxygen atoms in total. The highest BCUT2D eigenvalue weighted by Crippen LogP contribution is 2.38. The normalized spacial score (nSPS) is 16.5. The summed E-state index contributed by atoms with van der Waals surface area (Å²) in [5, 5.41) is 3.64. The highest BCUT2D eigenvalue weighted by Gasteiger charge is 2.25. The summed E-state index contributed by atoms with van der Waals surface area (Å²) < 4.78 is 13.5. The zero-order valence-electron chi connectivity index (χ0n) is 16.8. The summed E-state index contributed by atoms with van der Waals surface area (Å²) in [5.41, 5.74) is 1.84. The summed E-state index contributed by atoms with van der Waals surface area (Å²) >= 11 is 12.9. The number of halogens is 3. The van der Waals surface area contributed by atoms with Gasteiger partial charge in [-0.25, -0.2) is 9.18 Å². The lowest BCUT2D eigenvalue weighted by Gasteiger charge is -2.35. The van der Waals surface area contributed by atoms with Crippen LogP contribution in [0, 0.1) is 5.82 Å². The number of carbonyl (C=O) groups is 1. The van der Waals surface area contributed by atoms with E-state index in [2.05, 4.69) is 22.2 Å². The number of piperidine rings is 1. The van der Waals surface area contributed by atoms with Gasteiger partial charge in [-0.1, -0.05) is 35.3 Å². The van der Waals surface area contributed by atoms with E-state index in [9.17, 15) is 9.18 Å². The Morgan fingerprint density at radius 1 is 1.28 bits per heavy atom. The lowest BCUT2D eigenvalue weighted by atomic mass is 10.0. The number of pyridine rings is 1. The second-order valence-electron chi connectivity index (χ2n) is 7.54. The molecule has 1 aliphatic heterocycles. The second-order valence-corrected chi connectivity index (χ2v) is 8.29. The van der Waals surface area contributed by atoms with Crippen LogP contribution in [0.5, 0.6) is 0 Å². The molecule has 0 saturated carbocycles. The van der Waals surface area contributed by atoms with E-state index in [0.717, 1.165) is 32.1 Å². The van der Waals surface area contributed by atoms with E-state index in [-0.39, 0.29) is 18.1 Å². The summed E-state index contributed by atoms with van der Waals surface area (Å²) in [4.78, 5) is 20.6. The van der Waals surface area contributed by atoms with Gasteiger partial charge in [-0.15, -0.1) is 0 Å². The molecule has 156 valence electrons. The van der Waals surface area contributed by atoms with Crippen molar-refractivity contribution in [3.8, 4) is 11.1 Å². The molecule has 1 unspecified atom stereocenters. The van der Waals surface area contributed by atoms with E-state index in [0.29, 0.717) is 26.7 Å². The molecule has 1 aromatic heterocycles. The van der Waals surface area contributed by atoms with Crippen molar-refractivity contribution < 1.29 is 9.18 Å². The Hall–Kier alpha value is -1.89. The summed E-state index contributed by atoms with van der Waals surface area (Å²) in [6, 6.07) is 4.67. The van der Waals surface area contributed by atoms with E-state index in [4.69, 9.17) is 23.2 Å². The summed E-state index contributed by atoms with van der Waals surface area (Å²) in [7, 11) is 3.92. The first kappa shape index (κ1) is 21.8. The Kier molecular flexibility index (Phi) is 6.98. The first-order valence-corrected chi connectivity index (χ1v) is 10.3. The van der Waals surface area contributed by atoms with Gasteiger partial charge in [0.15, 0.2) is 0 Å². The molecule has 1 N–H and O–H groups in total. The molecule has 1 saturated heterocycles. The van der Waals surface area contributed by atoms with E-state index in [1.54, 1.807) is 17.0 Å². The van der Waals surface area contributed by atoms with E-state index < -0.39 is 5.82 Å². The van der Waals surface area contributed by atoms with Crippen LogP contribution in [0.3, 0.4) is 0 Å². The Balaban J connectivity index is 1.73. The number of urea groups is 1. The number of hydrogen-bond donors (Lipinski definition) is 1. The van der Waals surface area contributed by atoms with Gasteiger partial charge in [0, 0.05) is 30.4 Å². The van der Waals surface area contributed by atoms with Crippen LogP contribution in [0.25, 0.3) is 11.1 Å². The second kappa shape index (κ2) is 9.28. The van der Waals surface area contributed by atoms with Gasteiger partial charge in [0.05, 0.1) is 22.3 Å². The van der Waals surface area contributed by atoms with Gasteiger partial charge in [0.25, 0.3) is 0 Å². The van der Waals surface area contributed by atoms with Crippen LogP contribution in [-0.2, 0) is 0 Å².